The minimum absolute atomic E-state index is 0.0601. The van der Waals surface area contributed by atoms with Gasteiger partial charge in [0.25, 0.3) is 0 Å². The van der Waals surface area contributed by atoms with E-state index < -0.39 is 6.10 Å². The van der Waals surface area contributed by atoms with Gasteiger partial charge in [-0.2, -0.15) is 0 Å². The van der Waals surface area contributed by atoms with Gasteiger partial charge in [-0.05, 0) is 122 Å². The van der Waals surface area contributed by atoms with Crippen molar-refractivity contribution in [2.45, 2.75) is 258 Å². The van der Waals surface area contributed by atoms with Crippen LogP contribution in [0.5, 0.6) is 0 Å². The van der Waals surface area contributed by atoms with Gasteiger partial charge in [-0.15, -0.1) is 0 Å². The molecule has 66 heavy (non-hydrogen) atoms. The number of allylic oxidation sites excluding steroid dienone is 16. The molecule has 0 saturated carbocycles. The van der Waals surface area contributed by atoms with Crippen LogP contribution in [-0.4, -0.2) is 37.9 Å². The summed E-state index contributed by atoms with van der Waals surface area (Å²) in [5.41, 5.74) is 0. The maximum absolute atomic E-state index is 12.8. The quantitative estimate of drug-likeness (QED) is 0.0346. The number of carbonyl (C=O) groups is 2. The van der Waals surface area contributed by atoms with E-state index in [1.807, 2.05) is 0 Å². The molecule has 0 spiro atoms. The molecule has 0 amide bonds. The zero-order valence-electron chi connectivity index (χ0n) is 43.4. The Kier molecular flexibility index (Phi) is 53.4. The lowest BCUT2D eigenvalue weighted by Gasteiger charge is -2.18. The van der Waals surface area contributed by atoms with Gasteiger partial charge in [0.1, 0.15) is 6.61 Å². The van der Waals surface area contributed by atoms with E-state index in [0.29, 0.717) is 19.4 Å². The van der Waals surface area contributed by atoms with E-state index in [4.69, 9.17) is 14.2 Å². The molecule has 0 bridgehead atoms. The van der Waals surface area contributed by atoms with Crippen molar-refractivity contribution < 1.29 is 23.8 Å². The van der Waals surface area contributed by atoms with Crippen molar-refractivity contribution in [3.63, 3.8) is 0 Å². The molecule has 0 saturated heterocycles. The predicted molar refractivity (Wildman–Crippen MR) is 288 cm³/mol. The standard InChI is InChI=1S/C61H104O5/c1-4-7-10-13-16-19-22-25-28-30-32-35-38-41-44-47-50-53-56-64-57-59(66-61(63)55-52-49-46-43-40-37-33-27-24-21-18-15-12-9-6-3)58-65-60(62)54-51-48-45-42-39-36-34-31-29-26-23-20-17-14-11-8-5-2/h8,11,16-21,25-29,33-34,36,59H,4-7,9-10,12-15,22-24,30-32,35,37-58H2,1-3H3/b11-8-,19-16-,20-17-,21-18-,28-25-,29-26-,33-27-,36-34-. The van der Waals surface area contributed by atoms with E-state index in [1.54, 1.807) is 0 Å². The fourth-order valence-electron chi connectivity index (χ4n) is 7.44. The lowest BCUT2D eigenvalue weighted by Crippen LogP contribution is -2.30. The highest BCUT2D eigenvalue weighted by Crippen LogP contribution is 2.13. The van der Waals surface area contributed by atoms with Crippen LogP contribution in [0.15, 0.2) is 97.2 Å². The first-order chi connectivity index (χ1) is 32.6. The second kappa shape index (κ2) is 56.1. The van der Waals surface area contributed by atoms with E-state index in [1.165, 1.54) is 109 Å². The van der Waals surface area contributed by atoms with Crippen LogP contribution < -0.4 is 0 Å². The van der Waals surface area contributed by atoms with E-state index in [-0.39, 0.29) is 25.2 Å². The van der Waals surface area contributed by atoms with Crippen LogP contribution in [0.2, 0.25) is 0 Å². The highest BCUT2D eigenvalue weighted by Gasteiger charge is 2.17. The highest BCUT2D eigenvalue weighted by molar-refractivity contribution is 5.70. The van der Waals surface area contributed by atoms with Crippen molar-refractivity contribution in [3.8, 4) is 0 Å². The Morgan fingerprint density at radius 2 is 0.682 bits per heavy atom. The lowest BCUT2D eigenvalue weighted by atomic mass is 10.1. The summed E-state index contributed by atoms with van der Waals surface area (Å²) < 4.78 is 17.4. The molecule has 1 unspecified atom stereocenters. The zero-order chi connectivity index (χ0) is 47.7. The Bertz CT molecular complexity index is 1270. The van der Waals surface area contributed by atoms with Crippen molar-refractivity contribution in [3.05, 3.63) is 97.2 Å². The van der Waals surface area contributed by atoms with Gasteiger partial charge in [0, 0.05) is 19.4 Å². The summed E-state index contributed by atoms with van der Waals surface area (Å²) in [6.07, 6.45) is 75.6. The summed E-state index contributed by atoms with van der Waals surface area (Å²) in [5.74, 6) is -0.443. The predicted octanol–water partition coefficient (Wildman–Crippen LogP) is 19.0. The molecule has 0 aliphatic carbocycles. The van der Waals surface area contributed by atoms with Gasteiger partial charge in [-0.1, -0.05) is 214 Å². The highest BCUT2D eigenvalue weighted by atomic mass is 16.6. The molecular weight excluding hydrogens is 813 g/mol. The topological polar surface area (TPSA) is 61.8 Å². The van der Waals surface area contributed by atoms with Gasteiger partial charge in [-0.3, -0.25) is 9.59 Å². The molecule has 5 heteroatoms. The van der Waals surface area contributed by atoms with Gasteiger partial charge < -0.3 is 14.2 Å². The minimum atomic E-state index is -0.563. The number of ether oxygens (including phenoxy) is 3. The van der Waals surface area contributed by atoms with Crippen LogP contribution in [0.1, 0.15) is 252 Å². The number of carbonyl (C=O) groups excluding carboxylic acids is 2. The molecule has 0 radical (unpaired) electrons. The van der Waals surface area contributed by atoms with Crippen LogP contribution in [0.25, 0.3) is 0 Å². The van der Waals surface area contributed by atoms with Crippen LogP contribution in [0, 0.1) is 0 Å². The third-order valence-corrected chi connectivity index (χ3v) is 11.6. The number of hydrogen-bond donors (Lipinski definition) is 0. The second-order valence-electron chi connectivity index (χ2n) is 18.1. The largest absolute Gasteiger partial charge is 0.462 e. The number of rotatable bonds is 50. The van der Waals surface area contributed by atoms with Gasteiger partial charge in [0.15, 0.2) is 6.10 Å². The third-order valence-electron chi connectivity index (χ3n) is 11.6. The van der Waals surface area contributed by atoms with Crippen molar-refractivity contribution in [1.29, 1.82) is 0 Å². The van der Waals surface area contributed by atoms with Crippen LogP contribution in [-0.2, 0) is 23.8 Å². The Hall–Kier alpha value is -3.18. The normalized spacial score (nSPS) is 13.0. The average molecular weight is 917 g/mol. The summed E-state index contributed by atoms with van der Waals surface area (Å²) >= 11 is 0. The molecule has 0 N–H and O–H groups in total. The second-order valence-corrected chi connectivity index (χ2v) is 18.1. The molecule has 0 aliphatic heterocycles. The summed E-state index contributed by atoms with van der Waals surface area (Å²) in [6.45, 7) is 7.62. The Labute approximate surface area is 409 Å². The molecule has 0 aromatic rings. The molecule has 0 aromatic carbocycles. The molecule has 5 nitrogen and oxygen atoms in total. The van der Waals surface area contributed by atoms with E-state index >= 15 is 0 Å². The Morgan fingerprint density at radius 3 is 1.09 bits per heavy atom. The molecule has 0 fully saturated rings. The molecule has 0 rings (SSSR count). The first-order valence-electron chi connectivity index (χ1n) is 27.8. The average Bonchev–Trinajstić information content (AvgIpc) is 3.32. The summed E-state index contributed by atoms with van der Waals surface area (Å²) in [7, 11) is 0. The maximum Gasteiger partial charge on any atom is 0.306 e. The Balaban J connectivity index is 4.36. The molecule has 0 aromatic heterocycles. The minimum Gasteiger partial charge on any atom is -0.462 e. The van der Waals surface area contributed by atoms with Gasteiger partial charge in [-0.25, -0.2) is 0 Å². The number of unbranched alkanes of at least 4 members (excludes halogenated alkanes) is 23. The fraction of sp³-hybridized carbons (Fsp3) is 0.705. The first-order valence-corrected chi connectivity index (χ1v) is 27.8. The van der Waals surface area contributed by atoms with Crippen molar-refractivity contribution in [2.75, 3.05) is 19.8 Å². The van der Waals surface area contributed by atoms with Crippen molar-refractivity contribution in [1.82, 2.24) is 0 Å². The summed E-state index contributed by atoms with van der Waals surface area (Å²) in [4.78, 5) is 25.5. The molecule has 1 atom stereocenters. The van der Waals surface area contributed by atoms with Gasteiger partial charge in [0.2, 0.25) is 0 Å². The fourth-order valence-corrected chi connectivity index (χ4v) is 7.44. The molecule has 0 aliphatic rings. The van der Waals surface area contributed by atoms with Crippen molar-refractivity contribution in [2.24, 2.45) is 0 Å². The van der Waals surface area contributed by atoms with Gasteiger partial charge in [0.05, 0.1) is 6.61 Å². The molecule has 0 heterocycles. The van der Waals surface area contributed by atoms with Gasteiger partial charge >= 0.3 is 11.9 Å². The number of hydrogen-bond acceptors (Lipinski definition) is 5. The van der Waals surface area contributed by atoms with E-state index in [9.17, 15) is 9.59 Å². The molecule has 378 valence electrons. The SMILES string of the molecule is CC/C=C\C/C=C\C/C=C\C/C=C\CCCCCCC(=O)OCC(COCCCCCCCCCC/C=C\C/C=C\CCCCC)OC(=O)CCCCCCC/C=C\C/C=C\CCCCC. The number of esters is 2. The zero-order valence-corrected chi connectivity index (χ0v) is 43.4. The summed E-state index contributed by atoms with van der Waals surface area (Å²) in [6, 6.07) is 0. The first kappa shape index (κ1) is 62.8. The van der Waals surface area contributed by atoms with Crippen LogP contribution in [0.3, 0.4) is 0 Å². The van der Waals surface area contributed by atoms with E-state index in [2.05, 4.69) is 118 Å². The third kappa shape index (κ3) is 53.4. The summed E-state index contributed by atoms with van der Waals surface area (Å²) in [5, 5.41) is 0. The maximum atomic E-state index is 12.8. The Morgan fingerprint density at radius 1 is 0.348 bits per heavy atom. The van der Waals surface area contributed by atoms with E-state index in [0.717, 1.165) is 109 Å². The monoisotopic (exact) mass is 917 g/mol. The van der Waals surface area contributed by atoms with Crippen LogP contribution in [0.4, 0.5) is 0 Å². The van der Waals surface area contributed by atoms with Crippen molar-refractivity contribution >= 4 is 11.9 Å². The smallest absolute Gasteiger partial charge is 0.306 e. The molecular formula is C61H104O5. The lowest BCUT2D eigenvalue weighted by molar-refractivity contribution is -0.163. The van der Waals surface area contributed by atoms with Crippen LogP contribution >= 0.6 is 0 Å².